The minimum absolute atomic E-state index is 0.738. The monoisotopic (exact) mass is 758 g/mol. The zero-order valence-corrected chi connectivity index (χ0v) is 37.5. The normalized spacial score (nSPS) is 12.1. The van der Waals surface area contributed by atoms with Crippen molar-refractivity contribution in [1.82, 2.24) is 4.90 Å². The Morgan fingerprint density at radius 2 is 0.627 bits per heavy atom. The van der Waals surface area contributed by atoms with Crippen molar-refractivity contribution in [2.24, 2.45) is 0 Å². The Bertz CT molecular complexity index is 601. The second-order valence-corrected chi connectivity index (χ2v) is 19.0. The van der Waals surface area contributed by atoms with Crippen LogP contribution in [0.2, 0.25) is 6.04 Å². The van der Waals surface area contributed by atoms with Crippen LogP contribution in [0.4, 0.5) is 0 Å². The average molecular weight is 758 g/mol. The van der Waals surface area contributed by atoms with Gasteiger partial charge in [0.1, 0.15) is 0 Å². The Labute approximate surface area is 329 Å². The van der Waals surface area contributed by atoms with Gasteiger partial charge in [0.15, 0.2) is 0 Å². The molecule has 4 nitrogen and oxygen atoms in total. The van der Waals surface area contributed by atoms with E-state index < -0.39 is 8.80 Å². The summed E-state index contributed by atoms with van der Waals surface area (Å²) in [6.45, 7) is 14.9. The minimum Gasteiger partial charge on any atom is -0.373 e. The van der Waals surface area contributed by atoms with E-state index in [-0.39, 0.29) is 0 Å². The third kappa shape index (κ3) is 37.1. The number of hydrogen-bond acceptors (Lipinski definition) is 5. The summed E-state index contributed by atoms with van der Waals surface area (Å²) in [4.78, 5) is 2.71. The van der Waals surface area contributed by atoms with Crippen molar-refractivity contribution in [1.29, 1.82) is 0 Å². The van der Waals surface area contributed by atoms with E-state index in [1.165, 1.54) is 206 Å². The van der Waals surface area contributed by atoms with Crippen LogP contribution in [0, 0.1) is 0 Å². The molecule has 0 aliphatic rings. The highest BCUT2D eigenvalue weighted by atomic mass is 32.1. The first-order valence-electron chi connectivity index (χ1n) is 23.4. The molecule has 0 aromatic rings. The van der Waals surface area contributed by atoms with Gasteiger partial charge in [-0.2, -0.15) is 12.6 Å². The fourth-order valence-corrected chi connectivity index (χ4v) is 10.2. The maximum Gasteiger partial charge on any atom is 0.501 e. The Morgan fingerprint density at radius 3 is 0.961 bits per heavy atom. The van der Waals surface area contributed by atoms with Crippen LogP contribution in [-0.4, -0.2) is 58.9 Å². The molecule has 0 rings (SSSR count). The molecule has 0 aliphatic heterocycles. The van der Waals surface area contributed by atoms with E-state index in [2.05, 4.69) is 45.2 Å². The molecule has 0 aromatic carbocycles. The van der Waals surface area contributed by atoms with Crippen LogP contribution in [0.3, 0.4) is 0 Å². The van der Waals surface area contributed by atoms with E-state index in [4.69, 9.17) is 13.3 Å². The lowest BCUT2D eigenvalue weighted by atomic mass is 10.1. The minimum atomic E-state index is -2.75. The van der Waals surface area contributed by atoms with E-state index in [0.717, 1.165) is 57.4 Å². The number of unbranched alkanes of at least 4 members (excludes halogenated alkanes) is 28. The van der Waals surface area contributed by atoms with Crippen molar-refractivity contribution in [2.45, 2.75) is 246 Å². The van der Waals surface area contributed by atoms with Gasteiger partial charge in [-0.15, -0.1) is 0 Å². The average Bonchev–Trinajstić information content (AvgIpc) is 3.14. The quantitative estimate of drug-likeness (QED) is 0.0381. The molecule has 0 aromatic heterocycles. The molecule has 0 saturated heterocycles. The predicted molar refractivity (Wildman–Crippen MR) is 234 cm³/mol. The van der Waals surface area contributed by atoms with Crippen molar-refractivity contribution in [2.75, 3.05) is 45.2 Å². The van der Waals surface area contributed by atoms with Gasteiger partial charge in [-0.05, 0) is 50.9 Å². The van der Waals surface area contributed by atoms with Crippen LogP contribution in [0.5, 0.6) is 0 Å². The third-order valence-electron chi connectivity index (χ3n) is 10.7. The van der Waals surface area contributed by atoms with E-state index in [1.54, 1.807) is 0 Å². The Balaban J connectivity index is 5.11. The van der Waals surface area contributed by atoms with Gasteiger partial charge in [-0.1, -0.05) is 207 Å². The van der Waals surface area contributed by atoms with Gasteiger partial charge in [0.2, 0.25) is 0 Å². The first kappa shape index (κ1) is 51.4. The van der Waals surface area contributed by atoms with Crippen LogP contribution >= 0.6 is 12.6 Å². The van der Waals surface area contributed by atoms with E-state index >= 15 is 0 Å². The Kier molecular flexibility index (Phi) is 43.5. The molecule has 0 radical (unpaired) electrons. The molecular weight excluding hydrogens is 663 g/mol. The summed E-state index contributed by atoms with van der Waals surface area (Å²) < 4.78 is 20.4. The fraction of sp³-hybridized carbons (Fsp3) is 1.00. The van der Waals surface area contributed by atoms with Gasteiger partial charge >= 0.3 is 8.80 Å². The molecule has 0 unspecified atom stereocenters. The van der Waals surface area contributed by atoms with Crippen LogP contribution in [-0.2, 0) is 13.3 Å². The maximum absolute atomic E-state index is 6.89. The van der Waals surface area contributed by atoms with Gasteiger partial charge in [0, 0.05) is 25.8 Å². The number of rotatable bonds is 45. The summed E-state index contributed by atoms with van der Waals surface area (Å²) in [5, 5.41) is 0. The zero-order chi connectivity index (χ0) is 37.2. The van der Waals surface area contributed by atoms with E-state index in [9.17, 15) is 0 Å². The van der Waals surface area contributed by atoms with Crippen molar-refractivity contribution in [3.05, 3.63) is 0 Å². The van der Waals surface area contributed by atoms with Crippen molar-refractivity contribution >= 4 is 21.4 Å². The molecule has 0 aliphatic carbocycles. The second kappa shape index (κ2) is 43.1. The van der Waals surface area contributed by atoms with Crippen LogP contribution in [0.25, 0.3) is 0 Å². The topological polar surface area (TPSA) is 30.9 Å². The molecule has 0 saturated carbocycles. The van der Waals surface area contributed by atoms with Crippen LogP contribution in [0.1, 0.15) is 240 Å². The molecule has 0 N–H and O–H groups in total. The van der Waals surface area contributed by atoms with Gasteiger partial charge in [0.25, 0.3) is 0 Å². The lowest BCUT2D eigenvalue weighted by Crippen LogP contribution is -2.48. The summed E-state index contributed by atoms with van der Waals surface area (Å²) in [6.07, 6.45) is 44.2. The summed E-state index contributed by atoms with van der Waals surface area (Å²) in [5.41, 5.74) is 0. The molecule has 6 heteroatoms. The largest absolute Gasteiger partial charge is 0.501 e. The molecule has 0 spiro atoms. The predicted octanol–water partition coefficient (Wildman–Crippen LogP) is 15.2. The highest BCUT2D eigenvalue weighted by molar-refractivity contribution is 7.80. The fourth-order valence-electron chi connectivity index (χ4n) is 7.17. The van der Waals surface area contributed by atoms with Gasteiger partial charge in [-0.25, -0.2) is 0 Å². The molecule has 0 heterocycles. The number of thiol groups is 1. The van der Waals surface area contributed by atoms with Crippen molar-refractivity contribution < 1.29 is 13.3 Å². The summed E-state index contributed by atoms with van der Waals surface area (Å²) in [5.74, 6) is 0.864. The third-order valence-corrected chi connectivity index (χ3v) is 13.9. The smallest absolute Gasteiger partial charge is 0.373 e. The van der Waals surface area contributed by atoms with Gasteiger partial charge < -0.3 is 18.2 Å². The molecule has 0 atom stereocenters. The number of nitrogens with zero attached hydrogens (tertiary/aromatic N) is 1. The van der Waals surface area contributed by atoms with Crippen LogP contribution < -0.4 is 0 Å². The van der Waals surface area contributed by atoms with E-state index in [0.29, 0.717) is 0 Å². The maximum atomic E-state index is 6.89. The molecule has 308 valence electrons. The molecule has 0 amide bonds. The molecule has 0 fully saturated rings. The SMILES string of the molecule is CCCCCCCCCCO[Si](CCCS)(OCCCCCCCCCC)OCCN(CCCCCCCCCC)CCCCCCCCCC. The standard InChI is InChI=1S/C45H95NO3SSi/c1-5-9-13-17-21-25-29-33-38-46(39-34-30-26-22-18-14-10-6-2)40-43-49-51(45-37-44-50,47-41-35-31-27-23-19-15-11-7-3)48-42-36-32-28-24-20-16-12-8-4/h50H,5-45H2,1-4H3. The van der Waals surface area contributed by atoms with Crippen molar-refractivity contribution in [3.63, 3.8) is 0 Å². The van der Waals surface area contributed by atoms with Gasteiger partial charge in [-0.3, -0.25) is 0 Å². The highest BCUT2D eigenvalue weighted by Crippen LogP contribution is 2.22. The van der Waals surface area contributed by atoms with Gasteiger partial charge in [0.05, 0.1) is 6.61 Å². The molecule has 51 heavy (non-hydrogen) atoms. The highest BCUT2D eigenvalue weighted by Gasteiger charge is 2.40. The summed E-state index contributed by atoms with van der Waals surface area (Å²) >= 11 is 4.61. The van der Waals surface area contributed by atoms with Crippen molar-refractivity contribution in [3.8, 4) is 0 Å². The summed E-state index contributed by atoms with van der Waals surface area (Å²) in [7, 11) is -2.75. The van der Waals surface area contributed by atoms with Crippen LogP contribution in [0.15, 0.2) is 0 Å². The zero-order valence-electron chi connectivity index (χ0n) is 35.6. The number of hydrogen-bond donors (Lipinski definition) is 1. The Hall–Kier alpha value is 0.407. The second-order valence-electron chi connectivity index (χ2n) is 15.8. The molecule has 0 bridgehead atoms. The van der Waals surface area contributed by atoms with E-state index in [1.807, 2.05) is 0 Å². The lowest BCUT2D eigenvalue weighted by Gasteiger charge is -2.31. The first-order chi connectivity index (χ1) is 25.2. The molecular formula is C45H95NO3SSi. The lowest BCUT2D eigenvalue weighted by molar-refractivity contribution is 0.0486. The first-order valence-corrected chi connectivity index (χ1v) is 26.0. The summed E-state index contributed by atoms with van der Waals surface area (Å²) in [6, 6.07) is 0.903. The Morgan fingerprint density at radius 1 is 0.333 bits per heavy atom.